The van der Waals surface area contributed by atoms with Crippen molar-refractivity contribution in [1.29, 1.82) is 0 Å². The molecule has 104 valence electrons. The first kappa shape index (κ1) is 15.4. The number of benzene rings is 1. The molecule has 0 bridgehead atoms. The standard InChI is InChI=1S/C16H23NO2/c1-5-7-8-11-14(17-6-2)13-10-9-12-15(18-3)16(13)19-4/h9-10,12,14,17H,6,8,11H2,1-4H3. The zero-order chi connectivity index (χ0) is 14.1. The van der Waals surface area contributed by atoms with Crippen molar-refractivity contribution in [3.63, 3.8) is 0 Å². The summed E-state index contributed by atoms with van der Waals surface area (Å²) in [5.41, 5.74) is 1.13. The first-order chi connectivity index (χ1) is 9.28. The zero-order valence-corrected chi connectivity index (χ0v) is 12.2. The van der Waals surface area contributed by atoms with E-state index in [0.29, 0.717) is 0 Å². The van der Waals surface area contributed by atoms with Gasteiger partial charge in [-0.15, -0.1) is 11.8 Å². The van der Waals surface area contributed by atoms with E-state index in [-0.39, 0.29) is 6.04 Å². The Morgan fingerprint density at radius 2 is 2.05 bits per heavy atom. The summed E-state index contributed by atoms with van der Waals surface area (Å²) in [5, 5.41) is 3.48. The lowest BCUT2D eigenvalue weighted by molar-refractivity contribution is 0.345. The normalized spacial score (nSPS) is 11.4. The molecule has 1 unspecified atom stereocenters. The fourth-order valence-corrected chi connectivity index (χ4v) is 2.14. The van der Waals surface area contributed by atoms with E-state index in [0.717, 1.165) is 36.4 Å². The largest absolute Gasteiger partial charge is 0.493 e. The fraction of sp³-hybridized carbons (Fsp3) is 0.500. The Morgan fingerprint density at radius 1 is 1.26 bits per heavy atom. The third kappa shape index (κ3) is 4.18. The molecular formula is C16H23NO2. The third-order valence-corrected chi connectivity index (χ3v) is 2.99. The van der Waals surface area contributed by atoms with Gasteiger partial charge < -0.3 is 14.8 Å². The Morgan fingerprint density at radius 3 is 2.63 bits per heavy atom. The molecule has 0 spiro atoms. The van der Waals surface area contributed by atoms with Gasteiger partial charge in [0.25, 0.3) is 0 Å². The average Bonchev–Trinajstić information content (AvgIpc) is 2.45. The Labute approximate surface area is 116 Å². The second-order valence-corrected chi connectivity index (χ2v) is 4.16. The summed E-state index contributed by atoms with van der Waals surface area (Å²) < 4.78 is 10.9. The average molecular weight is 261 g/mol. The molecule has 1 N–H and O–H groups in total. The van der Waals surface area contributed by atoms with E-state index in [1.807, 2.05) is 19.1 Å². The van der Waals surface area contributed by atoms with E-state index in [1.54, 1.807) is 14.2 Å². The van der Waals surface area contributed by atoms with Crippen LogP contribution in [0.15, 0.2) is 18.2 Å². The molecule has 0 aliphatic carbocycles. The summed E-state index contributed by atoms with van der Waals surface area (Å²) in [6.07, 6.45) is 1.83. The second kappa shape index (κ2) is 8.44. The van der Waals surface area contributed by atoms with Crippen molar-refractivity contribution in [3.8, 4) is 23.3 Å². The van der Waals surface area contributed by atoms with Crippen LogP contribution in [0.2, 0.25) is 0 Å². The maximum Gasteiger partial charge on any atom is 0.165 e. The third-order valence-electron chi connectivity index (χ3n) is 2.99. The first-order valence-corrected chi connectivity index (χ1v) is 6.62. The molecule has 0 aliphatic rings. The Balaban J connectivity index is 3.02. The summed E-state index contributed by atoms with van der Waals surface area (Å²) in [4.78, 5) is 0. The molecule has 0 saturated carbocycles. The lowest BCUT2D eigenvalue weighted by Gasteiger charge is -2.21. The van der Waals surface area contributed by atoms with E-state index in [9.17, 15) is 0 Å². The summed E-state index contributed by atoms with van der Waals surface area (Å²) in [7, 11) is 3.34. The predicted octanol–water partition coefficient (Wildman–Crippen LogP) is 3.16. The van der Waals surface area contributed by atoms with Crippen LogP contribution in [-0.4, -0.2) is 20.8 Å². The summed E-state index contributed by atoms with van der Waals surface area (Å²) in [5.74, 6) is 7.62. The Kier molecular flexibility index (Phi) is 6.84. The fourth-order valence-electron chi connectivity index (χ4n) is 2.14. The molecule has 0 radical (unpaired) electrons. The highest BCUT2D eigenvalue weighted by Crippen LogP contribution is 2.35. The van der Waals surface area contributed by atoms with E-state index < -0.39 is 0 Å². The molecule has 0 saturated heterocycles. The molecule has 1 rings (SSSR count). The summed E-state index contributed by atoms with van der Waals surface area (Å²) >= 11 is 0. The number of ether oxygens (including phenoxy) is 2. The molecule has 1 aromatic carbocycles. The molecular weight excluding hydrogens is 238 g/mol. The first-order valence-electron chi connectivity index (χ1n) is 6.62. The second-order valence-electron chi connectivity index (χ2n) is 4.16. The van der Waals surface area contributed by atoms with Crippen LogP contribution in [0, 0.1) is 11.8 Å². The molecule has 3 nitrogen and oxygen atoms in total. The summed E-state index contributed by atoms with van der Waals surface area (Å²) in [6.45, 7) is 4.88. The van der Waals surface area contributed by atoms with Gasteiger partial charge in [0.05, 0.1) is 14.2 Å². The number of rotatable bonds is 7. The van der Waals surface area contributed by atoms with Crippen molar-refractivity contribution in [2.45, 2.75) is 32.7 Å². The van der Waals surface area contributed by atoms with Gasteiger partial charge >= 0.3 is 0 Å². The molecule has 0 aliphatic heterocycles. The number of hydrogen-bond donors (Lipinski definition) is 1. The number of nitrogens with one attached hydrogen (secondary N) is 1. The number of methoxy groups -OCH3 is 2. The molecule has 0 amide bonds. The minimum absolute atomic E-state index is 0.232. The van der Waals surface area contributed by atoms with Gasteiger partial charge in [-0.1, -0.05) is 19.1 Å². The quantitative estimate of drug-likeness (QED) is 0.765. The van der Waals surface area contributed by atoms with Gasteiger partial charge in [-0.25, -0.2) is 0 Å². The van der Waals surface area contributed by atoms with Gasteiger partial charge in [0.1, 0.15) is 0 Å². The number of hydrogen-bond acceptors (Lipinski definition) is 3. The minimum Gasteiger partial charge on any atom is -0.493 e. The van der Waals surface area contributed by atoms with Crippen molar-refractivity contribution in [2.75, 3.05) is 20.8 Å². The zero-order valence-electron chi connectivity index (χ0n) is 12.2. The van der Waals surface area contributed by atoms with Crippen LogP contribution in [0.5, 0.6) is 11.5 Å². The maximum atomic E-state index is 5.50. The smallest absolute Gasteiger partial charge is 0.165 e. The van der Waals surface area contributed by atoms with Gasteiger partial charge in [-0.05, 0) is 26.0 Å². The lowest BCUT2D eigenvalue weighted by Crippen LogP contribution is -2.21. The highest BCUT2D eigenvalue weighted by molar-refractivity contribution is 5.48. The van der Waals surface area contributed by atoms with E-state index in [2.05, 4.69) is 30.1 Å². The maximum absolute atomic E-state index is 5.50. The molecule has 3 heteroatoms. The topological polar surface area (TPSA) is 30.5 Å². The van der Waals surface area contributed by atoms with Crippen molar-refractivity contribution < 1.29 is 9.47 Å². The highest BCUT2D eigenvalue weighted by atomic mass is 16.5. The van der Waals surface area contributed by atoms with Crippen molar-refractivity contribution in [3.05, 3.63) is 23.8 Å². The molecule has 0 heterocycles. The van der Waals surface area contributed by atoms with Gasteiger partial charge in [0, 0.05) is 18.0 Å². The van der Waals surface area contributed by atoms with E-state index in [4.69, 9.17) is 9.47 Å². The molecule has 1 aromatic rings. The minimum atomic E-state index is 0.232. The molecule has 1 atom stereocenters. The van der Waals surface area contributed by atoms with Crippen molar-refractivity contribution >= 4 is 0 Å². The van der Waals surface area contributed by atoms with Crippen LogP contribution in [0.1, 0.15) is 38.3 Å². The van der Waals surface area contributed by atoms with Crippen LogP contribution < -0.4 is 14.8 Å². The monoisotopic (exact) mass is 261 g/mol. The van der Waals surface area contributed by atoms with Gasteiger partial charge in [0.15, 0.2) is 11.5 Å². The SMILES string of the molecule is CC#CCCC(NCC)c1cccc(OC)c1OC. The Bertz CT molecular complexity index is 446. The van der Waals surface area contributed by atoms with Crippen LogP contribution in [-0.2, 0) is 0 Å². The highest BCUT2D eigenvalue weighted by Gasteiger charge is 2.17. The molecule has 0 fully saturated rings. The lowest BCUT2D eigenvalue weighted by atomic mass is 10.0. The molecule has 19 heavy (non-hydrogen) atoms. The van der Waals surface area contributed by atoms with Crippen LogP contribution in [0.3, 0.4) is 0 Å². The van der Waals surface area contributed by atoms with Crippen LogP contribution >= 0.6 is 0 Å². The van der Waals surface area contributed by atoms with Gasteiger partial charge in [0.2, 0.25) is 0 Å². The summed E-state index contributed by atoms with van der Waals surface area (Å²) in [6, 6.07) is 6.22. The van der Waals surface area contributed by atoms with Crippen molar-refractivity contribution in [2.24, 2.45) is 0 Å². The molecule has 0 aromatic heterocycles. The van der Waals surface area contributed by atoms with Crippen LogP contribution in [0.25, 0.3) is 0 Å². The Hall–Kier alpha value is -1.66. The predicted molar refractivity (Wildman–Crippen MR) is 78.6 cm³/mol. The van der Waals surface area contributed by atoms with Crippen molar-refractivity contribution in [1.82, 2.24) is 5.32 Å². The number of para-hydroxylation sites is 1. The van der Waals surface area contributed by atoms with Gasteiger partial charge in [-0.2, -0.15) is 0 Å². The van der Waals surface area contributed by atoms with Crippen LogP contribution in [0.4, 0.5) is 0 Å². The van der Waals surface area contributed by atoms with E-state index >= 15 is 0 Å². The van der Waals surface area contributed by atoms with E-state index in [1.165, 1.54) is 0 Å². The van der Waals surface area contributed by atoms with Gasteiger partial charge in [-0.3, -0.25) is 0 Å².